The smallest absolute Gasteiger partial charge is 0.245 e. The molecule has 7 nitrogen and oxygen atoms in total. The van der Waals surface area contributed by atoms with Crippen molar-refractivity contribution in [1.82, 2.24) is 14.5 Å². The van der Waals surface area contributed by atoms with Crippen LogP contribution in [0.25, 0.3) is 0 Å². The maximum Gasteiger partial charge on any atom is 0.245 e. The average Bonchev–Trinajstić information content (AvgIpc) is 3.37. The third-order valence-corrected chi connectivity index (χ3v) is 9.36. The van der Waals surface area contributed by atoms with Crippen LogP contribution >= 0.6 is 0 Å². The standard InChI is InChI=1S/C30H42FN3O4S/c1-6-22(2)28(35)32-27(30(3,4)5)29(36)34-19-10-13-25(34)21-33(20-18-23-11-8-7-9-12-23)39(37,38)26-16-14-24(31)15-17-26/h7-9,11-12,14-17,22,25,27H,6,10,13,18-21H2,1-5H3,(H,32,35)/t22-,25+,27-/m1/s1. The Kier molecular flexibility index (Phi) is 10.3. The van der Waals surface area contributed by atoms with Gasteiger partial charge < -0.3 is 10.2 Å². The Bertz CT molecular complexity index is 1210. The third kappa shape index (κ3) is 7.88. The molecule has 0 radical (unpaired) electrons. The Morgan fingerprint density at radius 3 is 2.33 bits per heavy atom. The van der Waals surface area contributed by atoms with Gasteiger partial charge in [-0.05, 0) is 60.9 Å². The largest absolute Gasteiger partial charge is 0.344 e. The summed E-state index contributed by atoms with van der Waals surface area (Å²) < 4.78 is 42.4. The van der Waals surface area contributed by atoms with Gasteiger partial charge in [0, 0.05) is 31.6 Å². The van der Waals surface area contributed by atoms with Crippen molar-refractivity contribution in [1.29, 1.82) is 0 Å². The second-order valence-corrected chi connectivity index (χ2v) is 13.4. The lowest BCUT2D eigenvalue weighted by Crippen LogP contribution is -2.57. The van der Waals surface area contributed by atoms with Crippen LogP contribution in [0.4, 0.5) is 4.39 Å². The fraction of sp³-hybridized carbons (Fsp3) is 0.533. The van der Waals surface area contributed by atoms with Gasteiger partial charge in [-0.2, -0.15) is 4.31 Å². The number of rotatable bonds is 11. The second-order valence-electron chi connectivity index (χ2n) is 11.5. The van der Waals surface area contributed by atoms with Gasteiger partial charge in [-0.3, -0.25) is 9.59 Å². The van der Waals surface area contributed by atoms with E-state index >= 15 is 0 Å². The molecule has 0 aliphatic carbocycles. The van der Waals surface area contributed by atoms with E-state index in [1.54, 1.807) is 4.90 Å². The number of amides is 2. The number of benzene rings is 2. The summed E-state index contributed by atoms with van der Waals surface area (Å²) in [4.78, 5) is 28.4. The lowest BCUT2D eigenvalue weighted by molar-refractivity contribution is -0.141. The molecular formula is C30H42FN3O4S. The van der Waals surface area contributed by atoms with E-state index in [0.717, 1.165) is 24.1 Å². The van der Waals surface area contributed by atoms with Crippen LogP contribution < -0.4 is 5.32 Å². The molecule has 214 valence electrons. The number of nitrogens with zero attached hydrogens (tertiary/aromatic N) is 2. The second kappa shape index (κ2) is 13.0. The number of hydrogen-bond donors (Lipinski definition) is 1. The lowest BCUT2D eigenvalue weighted by atomic mass is 9.85. The molecule has 1 aliphatic heterocycles. The highest BCUT2D eigenvalue weighted by Crippen LogP contribution is 2.28. The number of halogens is 1. The maximum absolute atomic E-state index is 13.9. The molecule has 1 saturated heterocycles. The van der Waals surface area contributed by atoms with Gasteiger partial charge in [0.05, 0.1) is 4.90 Å². The SMILES string of the molecule is CC[C@@H](C)C(=O)N[C@H](C(=O)N1CCC[C@H]1CN(CCc1ccccc1)S(=O)(=O)c1ccc(F)cc1)C(C)(C)C. The van der Waals surface area contributed by atoms with E-state index < -0.39 is 27.3 Å². The fourth-order valence-electron chi connectivity index (χ4n) is 4.80. The highest BCUT2D eigenvalue weighted by atomic mass is 32.2. The van der Waals surface area contributed by atoms with Crippen LogP contribution in [-0.2, 0) is 26.0 Å². The molecule has 2 amide bonds. The Morgan fingerprint density at radius 1 is 1.10 bits per heavy atom. The summed E-state index contributed by atoms with van der Waals surface area (Å²) in [5.41, 5.74) is 0.470. The van der Waals surface area contributed by atoms with Crippen molar-refractivity contribution >= 4 is 21.8 Å². The molecule has 3 rings (SSSR count). The van der Waals surface area contributed by atoms with Gasteiger partial charge in [0.1, 0.15) is 11.9 Å². The van der Waals surface area contributed by atoms with Gasteiger partial charge in [-0.25, -0.2) is 12.8 Å². The number of hydrogen-bond acceptors (Lipinski definition) is 4. The topological polar surface area (TPSA) is 86.8 Å². The molecule has 0 unspecified atom stereocenters. The van der Waals surface area contributed by atoms with Gasteiger partial charge in [0.15, 0.2) is 0 Å². The van der Waals surface area contributed by atoms with Crippen molar-refractivity contribution in [3.05, 3.63) is 66.0 Å². The molecule has 39 heavy (non-hydrogen) atoms. The minimum Gasteiger partial charge on any atom is -0.344 e. The first-order valence-electron chi connectivity index (χ1n) is 13.7. The summed E-state index contributed by atoms with van der Waals surface area (Å²) in [5.74, 6) is -1.08. The van der Waals surface area contributed by atoms with Crippen molar-refractivity contribution in [2.24, 2.45) is 11.3 Å². The first-order chi connectivity index (χ1) is 18.3. The van der Waals surface area contributed by atoms with E-state index in [9.17, 15) is 22.4 Å². The normalized spacial score (nSPS) is 17.7. The first kappa shape index (κ1) is 30.8. The molecule has 0 spiro atoms. The molecule has 2 aromatic rings. The molecule has 3 atom stereocenters. The van der Waals surface area contributed by atoms with E-state index in [1.165, 1.54) is 16.4 Å². The van der Waals surface area contributed by atoms with Gasteiger partial charge >= 0.3 is 0 Å². The van der Waals surface area contributed by atoms with Gasteiger partial charge in [0.2, 0.25) is 21.8 Å². The summed E-state index contributed by atoms with van der Waals surface area (Å²) >= 11 is 0. The van der Waals surface area contributed by atoms with Crippen LogP contribution in [-0.4, -0.2) is 61.2 Å². The summed E-state index contributed by atoms with van der Waals surface area (Å²) in [6, 6.07) is 13.4. The number of likely N-dealkylation sites (tertiary alicyclic amines) is 1. The van der Waals surface area contributed by atoms with Crippen LogP contribution in [0.15, 0.2) is 59.5 Å². The summed E-state index contributed by atoms with van der Waals surface area (Å²) in [7, 11) is -3.95. The van der Waals surface area contributed by atoms with E-state index in [-0.39, 0.29) is 41.8 Å². The average molecular weight is 560 g/mol. The van der Waals surface area contributed by atoms with Crippen LogP contribution in [0.1, 0.15) is 59.4 Å². The van der Waals surface area contributed by atoms with E-state index in [1.807, 2.05) is 65.0 Å². The van der Waals surface area contributed by atoms with Crippen molar-refractivity contribution in [3.63, 3.8) is 0 Å². The van der Waals surface area contributed by atoms with Gasteiger partial charge in [-0.15, -0.1) is 0 Å². The zero-order valence-electron chi connectivity index (χ0n) is 23.7. The molecule has 1 aliphatic rings. The molecule has 1 N–H and O–H groups in total. The van der Waals surface area contributed by atoms with Crippen molar-refractivity contribution in [2.75, 3.05) is 19.6 Å². The summed E-state index contributed by atoms with van der Waals surface area (Å²) in [5, 5.41) is 2.97. The Morgan fingerprint density at radius 2 is 1.74 bits per heavy atom. The number of sulfonamides is 1. The minimum absolute atomic E-state index is 0.0150. The number of nitrogens with one attached hydrogen (secondary N) is 1. The highest BCUT2D eigenvalue weighted by molar-refractivity contribution is 7.89. The van der Waals surface area contributed by atoms with Crippen LogP contribution in [0.2, 0.25) is 0 Å². The minimum atomic E-state index is -3.95. The van der Waals surface area contributed by atoms with E-state index in [4.69, 9.17) is 0 Å². The Balaban J connectivity index is 1.87. The lowest BCUT2D eigenvalue weighted by Gasteiger charge is -2.37. The quantitative estimate of drug-likeness (QED) is 0.435. The summed E-state index contributed by atoms with van der Waals surface area (Å²) in [6.45, 7) is 10.4. The first-order valence-corrected chi connectivity index (χ1v) is 15.2. The zero-order chi connectivity index (χ0) is 28.8. The van der Waals surface area contributed by atoms with Crippen molar-refractivity contribution in [2.45, 2.75) is 77.3 Å². The summed E-state index contributed by atoms with van der Waals surface area (Å²) in [6.07, 6.45) is 2.57. The molecule has 2 aromatic carbocycles. The van der Waals surface area contributed by atoms with Crippen LogP contribution in [0.3, 0.4) is 0 Å². The van der Waals surface area contributed by atoms with E-state index in [0.29, 0.717) is 25.8 Å². The maximum atomic E-state index is 13.9. The predicted molar refractivity (Wildman–Crippen MR) is 151 cm³/mol. The molecule has 0 bridgehead atoms. The molecular weight excluding hydrogens is 517 g/mol. The van der Waals surface area contributed by atoms with Gasteiger partial charge in [-0.1, -0.05) is 65.0 Å². The van der Waals surface area contributed by atoms with Crippen molar-refractivity contribution in [3.8, 4) is 0 Å². The molecule has 1 heterocycles. The number of carbonyl (C=O) groups is 2. The molecule has 0 saturated carbocycles. The number of carbonyl (C=O) groups excluding carboxylic acids is 2. The van der Waals surface area contributed by atoms with E-state index in [2.05, 4.69) is 5.32 Å². The highest BCUT2D eigenvalue weighted by Gasteiger charge is 2.41. The molecule has 1 fully saturated rings. The Hall–Kier alpha value is -2.78. The zero-order valence-corrected chi connectivity index (χ0v) is 24.5. The fourth-order valence-corrected chi connectivity index (χ4v) is 6.28. The predicted octanol–water partition coefficient (Wildman–Crippen LogP) is 4.63. The molecule has 0 aromatic heterocycles. The van der Waals surface area contributed by atoms with Crippen LogP contribution in [0.5, 0.6) is 0 Å². The third-order valence-electron chi connectivity index (χ3n) is 7.48. The van der Waals surface area contributed by atoms with Gasteiger partial charge in [0.25, 0.3) is 0 Å². The van der Waals surface area contributed by atoms with Crippen LogP contribution in [0, 0.1) is 17.2 Å². The Labute approximate surface area is 232 Å². The molecule has 9 heteroatoms. The monoisotopic (exact) mass is 559 g/mol. The van der Waals surface area contributed by atoms with Crippen molar-refractivity contribution < 1.29 is 22.4 Å².